The number of hydrogen-bond donors (Lipinski definition) is 0. The number of amides is 4. The van der Waals surface area contributed by atoms with Crippen molar-refractivity contribution in [3.63, 3.8) is 0 Å². The molecule has 42 heavy (non-hydrogen) atoms. The van der Waals surface area contributed by atoms with Gasteiger partial charge in [-0.3, -0.25) is 29.0 Å². The van der Waals surface area contributed by atoms with Crippen molar-refractivity contribution < 1.29 is 38.2 Å². The van der Waals surface area contributed by atoms with Gasteiger partial charge in [-0.2, -0.15) is 0 Å². The lowest BCUT2D eigenvalue weighted by Gasteiger charge is -2.08. The Morgan fingerprint density at radius 1 is 0.476 bits per heavy atom. The highest BCUT2D eigenvalue weighted by Crippen LogP contribution is 2.28. The van der Waals surface area contributed by atoms with Crippen LogP contribution < -0.4 is 9.47 Å². The number of esters is 2. The Bertz CT molecular complexity index is 1720. The first-order valence-electron chi connectivity index (χ1n) is 12.7. The molecule has 0 saturated carbocycles. The van der Waals surface area contributed by atoms with Crippen molar-refractivity contribution in [2.75, 3.05) is 14.1 Å². The highest BCUT2D eigenvalue weighted by Gasteiger charge is 2.34. The van der Waals surface area contributed by atoms with Crippen molar-refractivity contribution in [3.8, 4) is 22.6 Å². The molecule has 0 N–H and O–H groups in total. The number of carbonyl (C=O) groups excluding carboxylic acids is 6. The number of nitrogens with zero attached hydrogens (tertiary/aromatic N) is 2. The van der Waals surface area contributed by atoms with Gasteiger partial charge in [-0.15, -0.1) is 0 Å². The summed E-state index contributed by atoms with van der Waals surface area (Å²) in [6.45, 7) is 0. The van der Waals surface area contributed by atoms with Crippen molar-refractivity contribution in [1.82, 2.24) is 9.80 Å². The summed E-state index contributed by atoms with van der Waals surface area (Å²) < 4.78 is 10.9. The molecule has 0 unspecified atom stereocenters. The van der Waals surface area contributed by atoms with E-state index in [1.807, 2.05) is 0 Å². The fourth-order valence-electron chi connectivity index (χ4n) is 4.74. The maximum absolute atomic E-state index is 12.7. The topological polar surface area (TPSA) is 127 Å². The largest absolute Gasteiger partial charge is 0.423 e. The number of rotatable bonds is 5. The molecule has 206 valence electrons. The van der Waals surface area contributed by atoms with Crippen LogP contribution in [-0.4, -0.2) is 59.5 Å². The van der Waals surface area contributed by atoms with Gasteiger partial charge in [-0.1, -0.05) is 24.3 Å². The summed E-state index contributed by atoms with van der Waals surface area (Å²) in [4.78, 5) is 75.9. The van der Waals surface area contributed by atoms with E-state index in [1.54, 1.807) is 48.5 Å². The van der Waals surface area contributed by atoms with Crippen molar-refractivity contribution in [2.45, 2.75) is 0 Å². The molecule has 0 fully saturated rings. The van der Waals surface area contributed by atoms with Crippen molar-refractivity contribution in [2.24, 2.45) is 0 Å². The van der Waals surface area contributed by atoms with E-state index in [4.69, 9.17) is 9.47 Å². The summed E-state index contributed by atoms with van der Waals surface area (Å²) in [5, 5.41) is 0. The Hall–Kier alpha value is -5.90. The molecular formula is C32H20N2O8. The first-order chi connectivity index (χ1) is 20.1. The highest BCUT2D eigenvalue weighted by molar-refractivity contribution is 6.22. The predicted molar refractivity (Wildman–Crippen MR) is 148 cm³/mol. The fourth-order valence-corrected chi connectivity index (χ4v) is 4.74. The Morgan fingerprint density at radius 2 is 0.810 bits per heavy atom. The third-order valence-electron chi connectivity index (χ3n) is 7.11. The van der Waals surface area contributed by atoms with Crippen LogP contribution in [0.3, 0.4) is 0 Å². The lowest BCUT2D eigenvalue weighted by molar-refractivity contribution is 0.0677. The van der Waals surface area contributed by atoms with Crippen molar-refractivity contribution >= 4 is 35.6 Å². The van der Waals surface area contributed by atoms with E-state index < -0.39 is 35.6 Å². The van der Waals surface area contributed by atoms with Crippen molar-refractivity contribution in [3.05, 3.63) is 118 Å². The Labute approximate surface area is 238 Å². The molecule has 4 amide bonds. The van der Waals surface area contributed by atoms with Gasteiger partial charge in [0.1, 0.15) is 11.5 Å². The van der Waals surface area contributed by atoms with Gasteiger partial charge in [-0.25, -0.2) is 9.59 Å². The number of carbonyl (C=O) groups is 6. The number of fused-ring (bicyclic) bond motifs is 2. The van der Waals surface area contributed by atoms with Gasteiger partial charge in [0.2, 0.25) is 0 Å². The SMILES string of the molecule is CN1C(=O)c2ccc(C(=O)Oc3ccc(-c4ccc(OC(=O)c5ccc6c(c5)C(=O)N(C)C6=O)cc4)cc3)cc2C1=O. The molecule has 0 bridgehead atoms. The minimum absolute atomic E-state index is 0.145. The molecule has 6 rings (SSSR count). The second kappa shape index (κ2) is 9.93. The van der Waals surface area contributed by atoms with Gasteiger partial charge >= 0.3 is 11.9 Å². The van der Waals surface area contributed by atoms with Gasteiger partial charge in [0.25, 0.3) is 23.6 Å². The van der Waals surface area contributed by atoms with E-state index >= 15 is 0 Å². The van der Waals surface area contributed by atoms with E-state index in [2.05, 4.69) is 0 Å². The molecule has 4 aromatic rings. The monoisotopic (exact) mass is 560 g/mol. The summed E-state index contributed by atoms with van der Waals surface area (Å²) in [7, 11) is 2.76. The molecule has 2 heterocycles. The summed E-state index contributed by atoms with van der Waals surface area (Å²) in [6, 6.07) is 22.0. The molecule has 0 radical (unpaired) electrons. The molecule has 2 aliphatic rings. The molecule has 4 aromatic carbocycles. The molecule has 0 aromatic heterocycles. The summed E-state index contributed by atoms with van der Waals surface area (Å²) >= 11 is 0. The summed E-state index contributed by atoms with van der Waals surface area (Å²) in [6.07, 6.45) is 0. The molecule has 0 aliphatic carbocycles. The molecule has 10 nitrogen and oxygen atoms in total. The van der Waals surface area contributed by atoms with Crippen LogP contribution in [0.4, 0.5) is 0 Å². The molecular weight excluding hydrogens is 540 g/mol. The van der Waals surface area contributed by atoms with Gasteiger partial charge < -0.3 is 9.47 Å². The van der Waals surface area contributed by atoms with E-state index in [0.29, 0.717) is 0 Å². The zero-order chi connectivity index (χ0) is 29.7. The van der Waals surface area contributed by atoms with Crippen LogP contribution in [0.2, 0.25) is 0 Å². The average molecular weight is 561 g/mol. The molecule has 0 spiro atoms. The normalized spacial score (nSPS) is 13.8. The lowest BCUT2D eigenvalue weighted by atomic mass is 10.0. The second-order valence-corrected chi connectivity index (χ2v) is 9.69. The minimum Gasteiger partial charge on any atom is -0.423 e. The Morgan fingerprint density at radius 3 is 1.17 bits per heavy atom. The summed E-state index contributed by atoms with van der Waals surface area (Å²) in [5.74, 6) is -2.54. The molecule has 0 saturated heterocycles. The van der Waals surface area contributed by atoms with Crippen LogP contribution >= 0.6 is 0 Å². The van der Waals surface area contributed by atoms with Crippen LogP contribution in [0.1, 0.15) is 62.1 Å². The smallest absolute Gasteiger partial charge is 0.343 e. The van der Waals surface area contributed by atoms with Gasteiger partial charge in [0.05, 0.1) is 33.4 Å². The van der Waals surface area contributed by atoms with Crippen LogP contribution in [0.25, 0.3) is 11.1 Å². The first kappa shape index (κ1) is 26.3. The standard InChI is InChI=1S/C32H20N2O8/c1-33-27(35)23-13-7-19(15-25(23)29(33)37)31(39)41-21-9-3-17(4-10-21)18-5-11-22(12-6-18)42-32(40)20-8-14-24-26(16-20)30(38)34(2)28(24)36/h3-16H,1-2H3. The third kappa shape index (κ3) is 4.40. The molecule has 2 aliphatic heterocycles. The number of imide groups is 2. The van der Waals surface area contributed by atoms with Crippen molar-refractivity contribution in [1.29, 1.82) is 0 Å². The predicted octanol–water partition coefficient (Wildman–Crippen LogP) is 4.24. The summed E-state index contributed by atoms with van der Waals surface area (Å²) in [5.41, 5.74) is 2.72. The first-order valence-corrected chi connectivity index (χ1v) is 12.7. The fraction of sp³-hybridized carbons (Fsp3) is 0.0625. The van der Waals surface area contributed by atoms with E-state index in [9.17, 15) is 28.8 Å². The van der Waals surface area contributed by atoms with Crippen LogP contribution in [0.15, 0.2) is 84.9 Å². The highest BCUT2D eigenvalue weighted by atomic mass is 16.5. The maximum atomic E-state index is 12.7. The number of ether oxygens (including phenoxy) is 2. The molecule has 10 heteroatoms. The average Bonchev–Trinajstić information content (AvgIpc) is 3.36. The number of benzene rings is 4. The van der Waals surface area contributed by atoms with E-state index in [1.165, 1.54) is 50.5 Å². The lowest BCUT2D eigenvalue weighted by Crippen LogP contribution is -2.24. The second-order valence-electron chi connectivity index (χ2n) is 9.69. The minimum atomic E-state index is -0.669. The zero-order valence-electron chi connectivity index (χ0n) is 22.2. The third-order valence-corrected chi connectivity index (χ3v) is 7.11. The number of hydrogen-bond acceptors (Lipinski definition) is 8. The van der Waals surface area contributed by atoms with Gasteiger partial charge in [-0.05, 0) is 71.8 Å². The quantitative estimate of drug-likeness (QED) is 0.201. The van der Waals surface area contributed by atoms with Gasteiger partial charge in [0.15, 0.2) is 0 Å². The molecule has 0 atom stereocenters. The van der Waals surface area contributed by atoms with Crippen LogP contribution in [0, 0.1) is 0 Å². The maximum Gasteiger partial charge on any atom is 0.343 e. The Balaban J connectivity index is 1.10. The van der Waals surface area contributed by atoms with Crippen LogP contribution in [0.5, 0.6) is 11.5 Å². The Kier molecular flexibility index (Phi) is 6.23. The zero-order valence-corrected chi connectivity index (χ0v) is 22.2. The van der Waals surface area contributed by atoms with Crippen LogP contribution in [-0.2, 0) is 0 Å². The van der Waals surface area contributed by atoms with E-state index in [-0.39, 0.29) is 44.9 Å². The van der Waals surface area contributed by atoms with E-state index in [0.717, 1.165) is 20.9 Å². The van der Waals surface area contributed by atoms with Gasteiger partial charge in [0, 0.05) is 14.1 Å².